The molecule has 2 heterocycles. The molecule has 1 amide bonds. The molecule has 5 heteroatoms. The van der Waals surface area contributed by atoms with Gasteiger partial charge in [-0.3, -0.25) is 9.69 Å². The van der Waals surface area contributed by atoms with E-state index in [1.54, 1.807) is 30.2 Å². The van der Waals surface area contributed by atoms with Gasteiger partial charge in [-0.25, -0.2) is 4.99 Å². The molecule has 3 rings (SSSR count). The third-order valence-electron chi connectivity index (χ3n) is 3.84. The van der Waals surface area contributed by atoms with Crippen LogP contribution in [0.15, 0.2) is 28.9 Å². The highest BCUT2D eigenvalue weighted by atomic mass is 16.5. The molecule has 1 aromatic rings. The molecule has 1 aromatic carbocycles. The average molecular weight is 286 g/mol. The zero-order valence-electron chi connectivity index (χ0n) is 12.0. The normalized spacial score (nSPS) is 20.2. The summed E-state index contributed by atoms with van der Waals surface area (Å²) in [6.45, 7) is 0.740. The smallest absolute Gasteiger partial charge is 0.277 e. The van der Waals surface area contributed by atoms with E-state index in [0.29, 0.717) is 17.0 Å². The Morgan fingerprint density at radius 3 is 2.95 bits per heavy atom. The second-order valence-corrected chi connectivity index (χ2v) is 5.25. The molecule has 0 radical (unpaired) electrons. The molecule has 110 valence electrons. The first-order valence-corrected chi connectivity index (χ1v) is 7.17. The topological polar surface area (TPSA) is 62.1 Å². The van der Waals surface area contributed by atoms with Crippen molar-refractivity contribution in [3.05, 3.63) is 29.5 Å². The lowest BCUT2D eigenvalue weighted by molar-refractivity contribution is -0.122. The minimum atomic E-state index is -0.0675. The van der Waals surface area contributed by atoms with Gasteiger partial charge in [0.1, 0.15) is 23.0 Å². The monoisotopic (exact) mass is 286 g/mol. The second-order valence-electron chi connectivity index (χ2n) is 5.25. The predicted octanol–water partition coefficient (Wildman–Crippen LogP) is 2.56. The molecule has 0 aliphatic carbocycles. The molecule has 1 saturated heterocycles. The Morgan fingerprint density at radius 1 is 1.33 bits per heavy atom. The first-order chi connectivity index (χ1) is 10.2. The number of aliphatic imine (C=N–C) groups is 1. The molecule has 0 aromatic heterocycles. The fourth-order valence-electron chi connectivity index (χ4n) is 2.67. The number of hydrogen-bond donors (Lipinski definition) is 1. The highest BCUT2D eigenvalue weighted by molar-refractivity contribution is 6.14. The van der Waals surface area contributed by atoms with Crippen LogP contribution in [-0.2, 0) is 4.79 Å². The summed E-state index contributed by atoms with van der Waals surface area (Å²) in [6.07, 6.45) is 5.72. The van der Waals surface area contributed by atoms with Crippen molar-refractivity contribution in [2.24, 2.45) is 4.99 Å². The van der Waals surface area contributed by atoms with Gasteiger partial charge in [-0.05, 0) is 31.1 Å². The van der Waals surface area contributed by atoms with E-state index < -0.39 is 0 Å². The van der Waals surface area contributed by atoms with Gasteiger partial charge in [-0.1, -0.05) is 6.42 Å². The van der Waals surface area contributed by atoms with E-state index in [4.69, 9.17) is 4.74 Å². The number of fused-ring (bicyclic) bond motifs is 1. The van der Waals surface area contributed by atoms with Gasteiger partial charge in [-0.2, -0.15) is 0 Å². The van der Waals surface area contributed by atoms with Crippen molar-refractivity contribution in [3.63, 3.8) is 0 Å². The van der Waals surface area contributed by atoms with E-state index >= 15 is 0 Å². The molecule has 0 atom stereocenters. The first kappa shape index (κ1) is 13.7. The number of hydrogen-bond acceptors (Lipinski definition) is 4. The molecule has 0 spiro atoms. The lowest BCUT2D eigenvalue weighted by atomic mass is 10.1. The fraction of sp³-hybridized carbons (Fsp3) is 0.375. The number of amidine groups is 1. The van der Waals surface area contributed by atoms with Crippen LogP contribution >= 0.6 is 0 Å². The Kier molecular flexibility index (Phi) is 3.64. The maximum Gasteiger partial charge on any atom is 0.277 e. The number of benzene rings is 1. The minimum Gasteiger partial charge on any atom is -0.507 e. The van der Waals surface area contributed by atoms with E-state index in [-0.39, 0.29) is 11.7 Å². The molecule has 0 saturated carbocycles. The van der Waals surface area contributed by atoms with E-state index in [1.165, 1.54) is 6.07 Å². The number of nitrogens with zero attached hydrogens (tertiary/aromatic N) is 2. The highest BCUT2D eigenvalue weighted by Crippen LogP contribution is 2.28. The SMILES string of the molecule is COc1ccc(C=C2N=C3CCCCCN3C2=O)c(O)c1. The molecule has 1 N–H and O–H groups in total. The molecule has 0 bridgehead atoms. The van der Waals surface area contributed by atoms with Crippen molar-refractivity contribution >= 4 is 17.8 Å². The van der Waals surface area contributed by atoms with Crippen molar-refractivity contribution in [1.82, 2.24) is 4.90 Å². The van der Waals surface area contributed by atoms with Gasteiger partial charge in [0.2, 0.25) is 0 Å². The van der Waals surface area contributed by atoms with Crippen LogP contribution in [-0.4, -0.2) is 35.4 Å². The fourth-order valence-corrected chi connectivity index (χ4v) is 2.67. The van der Waals surface area contributed by atoms with Crippen molar-refractivity contribution in [2.75, 3.05) is 13.7 Å². The van der Waals surface area contributed by atoms with Crippen LogP contribution in [0.3, 0.4) is 0 Å². The molecular weight excluding hydrogens is 268 g/mol. The summed E-state index contributed by atoms with van der Waals surface area (Å²) in [4.78, 5) is 18.6. The highest BCUT2D eigenvalue weighted by Gasteiger charge is 2.30. The van der Waals surface area contributed by atoms with Gasteiger partial charge in [0.15, 0.2) is 0 Å². The Labute approximate surface area is 123 Å². The largest absolute Gasteiger partial charge is 0.507 e. The Morgan fingerprint density at radius 2 is 2.19 bits per heavy atom. The van der Waals surface area contributed by atoms with Crippen LogP contribution in [0.1, 0.15) is 31.2 Å². The van der Waals surface area contributed by atoms with Crippen molar-refractivity contribution in [3.8, 4) is 11.5 Å². The number of amides is 1. The summed E-state index contributed by atoms with van der Waals surface area (Å²) < 4.78 is 5.05. The molecule has 5 nitrogen and oxygen atoms in total. The van der Waals surface area contributed by atoms with Crippen LogP contribution < -0.4 is 4.74 Å². The number of rotatable bonds is 2. The standard InChI is InChI=1S/C16H18N2O3/c1-21-12-7-6-11(14(19)10-12)9-13-16(20)18-8-4-2-3-5-15(18)17-13/h6-7,9-10,19H,2-5,8H2,1H3. The van der Waals surface area contributed by atoms with Gasteiger partial charge in [0.25, 0.3) is 5.91 Å². The first-order valence-electron chi connectivity index (χ1n) is 7.17. The van der Waals surface area contributed by atoms with Crippen LogP contribution in [0.4, 0.5) is 0 Å². The number of carbonyl (C=O) groups excluding carboxylic acids is 1. The minimum absolute atomic E-state index is 0.0675. The maximum absolute atomic E-state index is 12.4. The lowest BCUT2D eigenvalue weighted by Crippen LogP contribution is -2.31. The second kappa shape index (κ2) is 5.60. The van der Waals surface area contributed by atoms with Crippen LogP contribution in [0.25, 0.3) is 6.08 Å². The molecule has 2 aliphatic rings. The van der Waals surface area contributed by atoms with Crippen LogP contribution in [0.2, 0.25) is 0 Å². The third kappa shape index (κ3) is 2.63. The molecule has 21 heavy (non-hydrogen) atoms. The molecule has 1 fully saturated rings. The van der Waals surface area contributed by atoms with Crippen LogP contribution in [0, 0.1) is 0 Å². The van der Waals surface area contributed by atoms with Crippen molar-refractivity contribution < 1.29 is 14.6 Å². The molecule has 2 aliphatic heterocycles. The van der Waals surface area contributed by atoms with E-state index in [9.17, 15) is 9.90 Å². The molecular formula is C16H18N2O3. The van der Waals surface area contributed by atoms with Gasteiger partial charge < -0.3 is 9.84 Å². The average Bonchev–Trinajstić information content (AvgIpc) is 2.67. The van der Waals surface area contributed by atoms with Gasteiger partial charge in [0, 0.05) is 24.6 Å². The molecule has 0 unspecified atom stereocenters. The summed E-state index contributed by atoms with van der Waals surface area (Å²) in [5, 5.41) is 9.97. The zero-order valence-corrected chi connectivity index (χ0v) is 12.0. The quantitative estimate of drug-likeness (QED) is 0.850. The zero-order chi connectivity index (χ0) is 14.8. The summed E-state index contributed by atoms with van der Waals surface area (Å²) >= 11 is 0. The maximum atomic E-state index is 12.4. The third-order valence-corrected chi connectivity index (χ3v) is 3.84. The van der Waals surface area contributed by atoms with Crippen molar-refractivity contribution in [2.45, 2.75) is 25.7 Å². The number of aromatic hydroxyl groups is 1. The van der Waals surface area contributed by atoms with E-state index in [2.05, 4.69) is 4.99 Å². The summed E-state index contributed by atoms with van der Waals surface area (Å²) in [5.74, 6) is 1.45. The van der Waals surface area contributed by atoms with E-state index in [0.717, 1.165) is 38.1 Å². The number of carbonyl (C=O) groups is 1. The van der Waals surface area contributed by atoms with Gasteiger partial charge in [-0.15, -0.1) is 0 Å². The van der Waals surface area contributed by atoms with Crippen LogP contribution in [0.5, 0.6) is 11.5 Å². The number of ether oxygens (including phenoxy) is 1. The summed E-state index contributed by atoms with van der Waals surface area (Å²) in [6, 6.07) is 4.99. The summed E-state index contributed by atoms with van der Waals surface area (Å²) in [7, 11) is 1.54. The van der Waals surface area contributed by atoms with E-state index in [1.807, 2.05) is 0 Å². The lowest BCUT2D eigenvalue weighted by Gasteiger charge is -2.14. The number of phenolic OH excluding ortho intramolecular Hbond substituents is 1. The summed E-state index contributed by atoms with van der Waals surface area (Å²) in [5.41, 5.74) is 0.966. The van der Waals surface area contributed by atoms with Gasteiger partial charge in [0.05, 0.1) is 7.11 Å². The number of phenols is 1. The number of methoxy groups -OCH3 is 1. The van der Waals surface area contributed by atoms with Gasteiger partial charge >= 0.3 is 0 Å². The van der Waals surface area contributed by atoms with Crippen molar-refractivity contribution in [1.29, 1.82) is 0 Å². The predicted molar refractivity (Wildman–Crippen MR) is 80.3 cm³/mol. The Balaban J connectivity index is 1.91. The Bertz CT molecular complexity index is 634. The Hall–Kier alpha value is -2.30.